The van der Waals surface area contributed by atoms with Gasteiger partial charge in [-0.2, -0.15) is 0 Å². The van der Waals surface area contributed by atoms with Crippen LogP contribution in [0.4, 0.5) is 5.69 Å². The average molecular weight is 442 g/mol. The van der Waals surface area contributed by atoms with Crippen LogP contribution >= 0.6 is 0 Å². The Morgan fingerprint density at radius 2 is 1.67 bits per heavy atom. The number of Topliss-reactive ketones (excluding diaryl/α,β-unsaturated/α-hetero) is 1. The van der Waals surface area contributed by atoms with E-state index in [9.17, 15) is 9.59 Å². The molecule has 5 nitrogen and oxygen atoms in total. The number of hydrogen-bond acceptors (Lipinski definition) is 5. The van der Waals surface area contributed by atoms with E-state index >= 15 is 0 Å². The Balaban J connectivity index is 1.77. The Bertz CT molecular complexity index is 1260. The van der Waals surface area contributed by atoms with Crippen LogP contribution in [0.25, 0.3) is 0 Å². The van der Waals surface area contributed by atoms with Crippen molar-refractivity contribution in [1.29, 1.82) is 0 Å². The first-order valence-electron chi connectivity index (χ1n) is 11.6. The third-order valence-corrected chi connectivity index (χ3v) is 6.62. The number of ether oxygens (including phenoxy) is 2. The smallest absolute Gasteiger partial charge is 0.340 e. The molecular weight excluding hydrogens is 414 g/mol. The van der Waals surface area contributed by atoms with Crippen LogP contribution in [0.1, 0.15) is 71.0 Å². The highest BCUT2D eigenvalue weighted by atomic mass is 16.6. The second kappa shape index (κ2) is 8.07. The zero-order chi connectivity index (χ0) is 23.2. The Morgan fingerprint density at radius 3 is 2.42 bits per heavy atom. The molecule has 5 rings (SSSR count). The van der Waals surface area contributed by atoms with Crippen LogP contribution in [-0.2, 0) is 10.3 Å². The molecular formula is C28H27NO4. The van der Waals surface area contributed by atoms with Gasteiger partial charge in [-0.1, -0.05) is 25.1 Å². The van der Waals surface area contributed by atoms with Crippen molar-refractivity contribution in [3.8, 4) is 11.5 Å². The molecule has 3 aromatic rings. The second-order valence-electron chi connectivity index (χ2n) is 8.46. The number of carbonyl (C=O) groups is 2. The number of fused-ring (bicyclic) bond motifs is 6. The van der Waals surface area contributed by atoms with Crippen molar-refractivity contribution in [3.63, 3.8) is 0 Å². The summed E-state index contributed by atoms with van der Waals surface area (Å²) in [5, 5.41) is 0. The molecule has 1 spiro atoms. The second-order valence-corrected chi connectivity index (χ2v) is 8.46. The molecule has 33 heavy (non-hydrogen) atoms. The molecule has 0 radical (unpaired) electrons. The molecule has 1 unspecified atom stereocenters. The van der Waals surface area contributed by atoms with Crippen LogP contribution < -0.4 is 9.64 Å². The number of hydrogen-bond donors (Lipinski definition) is 0. The van der Waals surface area contributed by atoms with Gasteiger partial charge in [-0.15, -0.1) is 0 Å². The summed E-state index contributed by atoms with van der Waals surface area (Å²) >= 11 is 0. The minimum atomic E-state index is -1.15. The van der Waals surface area contributed by atoms with Gasteiger partial charge in [0.25, 0.3) is 0 Å². The van der Waals surface area contributed by atoms with E-state index in [1.807, 2.05) is 55.5 Å². The van der Waals surface area contributed by atoms with Crippen LogP contribution in [0.3, 0.4) is 0 Å². The van der Waals surface area contributed by atoms with Gasteiger partial charge in [0.2, 0.25) is 0 Å². The molecule has 0 bridgehead atoms. The van der Waals surface area contributed by atoms with E-state index in [1.54, 1.807) is 12.1 Å². The van der Waals surface area contributed by atoms with Crippen LogP contribution in [0, 0.1) is 0 Å². The normalized spacial score (nSPS) is 17.6. The maximum atomic E-state index is 13.0. The zero-order valence-electron chi connectivity index (χ0n) is 19.2. The highest BCUT2D eigenvalue weighted by Gasteiger charge is 2.53. The standard InChI is InChI=1S/C28H27NO4/c1-4-9-24(30)18-12-15-25-23(16-18)28(21-11-8-7-10-20(21)27(31)33-28)22-14-13-19(17-26(22)32-25)29(5-2)6-3/h7-8,10-17H,4-6,9H2,1-3H3. The SMILES string of the molecule is CCCC(=O)c1ccc2c(c1)C1(OC(=O)c3ccccc31)c1ccc(N(CC)CC)cc1O2. The largest absolute Gasteiger partial charge is 0.456 e. The van der Waals surface area contributed by atoms with E-state index in [-0.39, 0.29) is 11.8 Å². The number of nitrogens with zero attached hydrogens (tertiary/aromatic N) is 1. The van der Waals surface area contributed by atoms with Crippen molar-refractivity contribution in [3.05, 3.63) is 88.5 Å². The third-order valence-electron chi connectivity index (χ3n) is 6.62. The molecule has 1 atom stereocenters. The first kappa shape index (κ1) is 21.3. The minimum Gasteiger partial charge on any atom is -0.456 e. The van der Waals surface area contributed by atoms with Crippen molar-refractivity contribution in [2.24, 2.45) is 0 Å². The summed E-state index contributed by atoms with van der Waals surface area (Å²) in [5.41, 5.74) is 3.26. The predicted octanol–water partition coefficient (Wildman–Crippen LogP) is 6.08. The van der Waals surface area contributed by atoms with E-state index in [4.69, 9.17) is 9.47 Å². The van der Waals surface area contributed by atoms with Gasteiger partial charge in [-0.05, 0) is 56.7 Å². The Morgan fingerprint density at radius 1 is 0.879 bits per heavy atom. The molecule has 2 aliphatic rings. The van der Waals surface area contributed by atoms with E-state index in [2.05, 4.69) is 18.7 Å². The average Bonchev–Trinajstić information content (AvgIpc) is 3.13. The van der Waals surface area contributed by atoms with Gasteiger partial charge in [0, 0.05) is 53.5 Å². The van der Waals surface area contributed by atoms with Crippen molar-refractivity contribution in [2.75, 3.05) is 18.0 Å². The van der Waals surface area contributed by atoms with Gasteiger partial charge < -0.3 is 14.4 Å². The fourth-order valence-electron chi connectivity index (χ4n) is 4.99. The maximum absolute atomic E-state index is 13.0. The molecule has 168 valence electrons. The van der Waals surface area contributed by atoms with Crippen molar-refractivity contribution in [1.82, 2.24) is 0 Å². The fourth-order valence-corrected chi connectivity index (χ4v) is 4.99. The van der Waals surface area contributed by atoms with Gasteiger partial charge >= 0.3 is 5.97 Å². The van der Waals surface area contributed by atoms with Gasteiger partial charge in [0.05, 0.1) is 5.56 Å². The maximum Gasteiger partial charge on any atom is 0.340 e. The van der Waals surface area contributed by atoms with Crippen molar-refractivity contribution >= 4 is 17.4 Å². The molecule has 3 aromatic carbocycles. The predicted molar refractivity (Wildman–Crippen MR) is 127 cm³/mol. The van der Waals surface area contributed by atoms with Gasteiger partial charge in [0.15, 0.2) is 11.4 Å². The van der Waals surface area contributed by atoms with E-state index in [1.165, 1.54) is 0 Å². The van der Waals surface area contributed by atoms with Crippen LogP contribution in [-0.4, -0.2) is 24.8 Å². The number of rotatable bonds is 6. The molecule has 0 fully saturated rings. The Labute approximate surface area is 193 Å². The van der Waals surface area contributed by atoms with E-state index < -0.39 is 5.60 Å². The monoisotopic (exact) mass is 441 g/mol. The summed E-state index contributed by atoms with van der Waals surface area (Å²) in [6, 6.07) is 19.0. The summed E-state index contributed by atoms with van der Waals surface area (Å²) < 4.78 is 12.6. The molecule has 0 amide bonds. The van der Waals surface area contributed by atoms with Crippen LogP contribution in [0.15, 0.2) is 60.7 Å². The first-order chi connectivity index (χ1) is 16.0. The molecule has 2 heterocycles. The number of anilines is 1. The van der Waals surface area contributed by atoms with Crippen LogP contribution in [0.5, 0.6) is 11.5 Å². The highest BCUT2D eigenvalue weighted by Crippen LogP contribution is 2.56. The van der Waals surface area contributed by atoms with Gasteiger partial charge in [0.1, 0.15) is 11.5 Å². The lowest BCUT2D eigenvalue weighted by atomic mass is 9.77. The quantitative estimate of drug-likeness (QED) is 0.343. The number of benzene rings is 3. The molecule has 0 N–H and O–H groups in total. The third kappa shape index (κ3) is 3.14. The first-order valence-corrected chi connectivity index (χ1v) is 11.6. The lowest BCUT2D eigenvalue weighted by molar-refractivity contribution is 0.0224. The molecule has 0 aliphatic carbocycles. The summed E-state index contributed by atoms with van der Waals surface area (Å²) in [4.78, 5) is 28.0. The Kier molecular flexibility index (Phi) is 5.20. The number of carbonyl (C=O) groups excluding carboxylic acids is 2. The molecule has 5 heteroatoms. The summed E-state index contributed by atoms with van der Waals surface area (Å²) in [5.74, 6) is 0.944. The van der Waals surface area contributed by atoms with E-state index in [0.717, 1.165) is 36.3 Å². The lowest BCUT2D eigenvalue weighted by Gasteiger charge is -2.37. The molecule has 0 saturated carbocycles. The topological polar surface area (TPSA) is 55.8 Å². The van der Waals surface area contributed by atoms with Crippen LogP contribution in [0.2, 0.25) is 0 Å². The van der Waals surface area contributed by atoms with Gasteiger partial charge in [-0.3, -0.25) is 4.79 Å². The molecule has 2 aliphatic heterocycles. The summed E-state index contributed by atoms with van der Waals surface area (Å²) in [6.07, 6.45) is 1.24. The number of ketones is 1. The summed E-state index contributed by atoms with van der Waals surface area (Å²) in [6.45, 7) is 7.96. The Hall–Kier alpha value is -3.60. The van der Waals surface area contributed by atoms with Gasteiger partial charge in [-0.25, -0.2) is 4.79 Å². The minimum absolute atomic E-state index is 0.0655. The number of esters is 1. The summed E-state index contributed by atoms with van der Waals surface area (Å²) in [7, 11) is 0. The zero-order valence-corrected chi connectivity index (χ0v) is 19.2. The lowest BCUT2D eigenvalue weighted by Crippen LogP contribution is -2.33. The fraction of sp³-hybridized carbons (Fsp3) is 0.286. The van der Waals surface area contributed by atoms with Crippen molar-refractivity contribution in [2.45, 2.75) is 39.2 Å². The molecule has 0 saturated heterocycles. The van der Waals surface area contributed by atoms with Crippen molar-refractivity contribution < 1.29 is 19.1 Å². The highest BCUT2D eigenvalue weighted by molar-refractivity contribution is 5.99. The van der Waals surface area contributed by atoms with E-state index in [0.29, 0.717) is 34.6 Å². The molecule has 0 aromatic heterocycles.